The number of primary amides is 1. The van der Waals surface area contributed by atoms with E-state index >= 15 is 0 Å². The highest BCUT2D eigenvalue weighted by Crippen LogP contribution is 2.13. The summed E-state index contributed by atoms with van der Waals surface area (Å²) in [6, 6.07) is 8.10. The molecule has 2 rings (SSSR count). The summed E-state index contributed by atoms with van der Waals surface area (Å²) >= 11 is 0. The van der Waals surface area contributed by atoms with Crippen molar-refractivity contribution in [3.63, 3.8) is 0 Å². The number of carbonyl (C=O) groups is 2. The number of carbonyl (C=O) groups excluding carboxylic acids is 2. The fourth-order valence-corrected chi connectivity index (χ4v) is 2.20. The molecule has 0 aromatic heterocycles. The van der Waals surface area contributed by atoms with E-state index in [1.807, 2.05) is 6.07 Å². The minimum atomic E-state index is -0.758. The average Bonchev–Trinajstić information content (AvgIpc) is 3.01. The van der Waals surface area contributed by atoms with Gasteiger partial charge in [-0.25, -0.2) is 0 Å². The molecule has 1 aromatic carbocycles. The Morgan fingerprint density at radius 2 is 2.14 bits per heavy atom. The second-order valence-corrected chi connectivity index (χ2v) is 5.04. The number of amides is 2. The Morgan fingerprint density at radius 1 is 1.43 bits per heavy atom. The number of nitrogens with two attached hydrogens (primary N) is 1. The summed E-state index contributed by atoms with van der Waals surface area (Å²) in [4.78, 5) is 23.5. The van der Waals surface area contributed by atoms with Crippen LogP contribution in [0.2, 0.25) is 0 Å². The van der Waals surface area contributed by atoms with Crippen molar-refractivity contribution < 1.29 is 14.3 Å². The molecule has 110 valence electrons. The summed E-state index contributed by atoms with van der Waals surface area (Å²) in [7, 11) is 0. The van der Waals surface area contributed by atoms with E-state index in [9.17, 15) is 9.59 Å². The molecular formula is C15H17N3O3. The zero-order valence-corrected chi connectivity index (χ0v) is 11.5. The first-order valence-electron chi connectivity index (χ1n) is 6.76. The van der Waals surface area contributed by atoms with Crippen LogP contribution in [0.5, 0.6) is 0 Å². The summed E-state index contributed by atoms with van der Waals surface area (Å²) in [6.45, 7) is 0.948. The zero-order chi connectivity index (χ0) is 15.2. The lowest BCUT2D eigenvalue weighted by molar-refractivity contribution is -0.129. The SMILES string of the molecule is N#Cc1ccc(C[C@H](NC(=O)[C@@H]2CCOC2)C(N)=O)cc1. The van der Waals surface area contributed by atoms with Crippen molar-refractivity contribution in [3.8, 4) is 6.07 Å². The Labute approximate surface area is 122 Å². The highest BCUT2D eigenvalue weighted by Gasteiger charge is 2.27. The maximum absolute atomic E-state index is 12.0. The molecule has 0 spiro atoms. The number of benzene rings is 1. The maximum atomic E-state index is 12.0. The fraction of sp³-hybridized carbons (Fsp3) is 0.400. The minimum Gasteiger partial charge on any atom is -0.381 e. The van der Waals surface area contributed by atoms with Gasteiger partial charge in [0.15, 0.2) is 0 Å². The van der Waals surface area contributed by atoms with Crippen LogP contribution < -0.4 is 11.1 Å². The van der Waals surface area contributed by atoms with Crippen molar-refractivity contribution in [1.29, 1.82) is 5.26 Å². The second-order valence-electron chi connectivity index (χ2n) is 5.04. The third-order valence-electron chi connectivity index (χ3n) is 3.48. The summed E-state index contributed by atoms with van der Waals surface area (Å²) in [5.41, 5.74) is 6.73. The van der Waals surface area contributed by atoms with E-state index < -0.39 is 11.9 Å². The fourth-order valence-electron chi connectivity index (χ4n) is 2.20. The molecule has 0 unspecified atom stereocenters. The molecule has 1 fully saturated rings. The van der Waals surface area contributed by atoms with Crippen LogP contribution >= 0.6 is 0 Å². The number of nitriles is 1. The standard InChI is InChI=1S/C15H17N3O3/c16-8-11-3-1-10(2-4-11)7-13(14(17)19)18-15(20)12-5-6-21-9-12/h1-4,12-13H,5-7,9H2,(H2,17,19)(H,18,20)/t12-,13+/m1/s1. The molecular weight excluding hydrogens is 270 g/mol. The molecule has 1 heterocycles. The average molecular weight is 287 g/mol. The molecule has 1 saturated heterocycles. The monoisotopic (exact) mass is 287 g/mol. The minimum absolute atomic E-state index is 0.204. The topological polar surface area (TPSA) is 105 Å². The van der Waals surface area contributed by atoms with E-state index in [2.05, 4.69) is 5.32 Å². The Kier molecular flexibility index (Phi) is 4.90. The predicted octanol–water partition coefficient (Wildman–Crippen LogP) is 0.107. The van der Waals surface area contributed by atoms with Gasteiger partial charge in [-0.2, -0.15) is 5.26 Å². The molecule has 1 aliphatic rings. The van der Waals surface area contributed by atoms with Gasteiger partial charge in [-0.3, -0.25) is 9.59 Å². The van der Waals surface area contributed by atoms with Crippen LogP contribution in [0.3, 0.4) is 0 Å². The summed E-state index contributed by atoms with van der Waals surface area (Å²) < 4.78 is 5.16. The molecule has 0 bridgehead atoms. The molecule has 0 aliphatic carbocycles. The van der Waals surface area contributed by atoms with Crippen molar-refractivity contribution >= 4 is 11.8 Å². The van der Waals surface area contributed by atoms with Gasteiger partial charge < -0.3 is 15.8 Å². The number of ether oxygens (including phenoxy) is 1. The van der Waals surface area contributed by atoms with Gasteiger partial charge in [0.05, 0.1) is 24.2 Å². The van der Waals surface area contributed by atoms with Crippen molar-refractivity contribution in [1.82, 2.24) is 5.32 Å². The molecule has 6 nitrogen and oxygen atoms in total. The van der Waals surface area contributed by atoms with Gasteiger partial charge in [-0.1, -0.05) is 12.1 Å². The van der Waals surface area contributed by atoms with E-state index in [1.165, 1.54) is 0 Å². The Morgan fingerprint density at radius 3 is 2.67 bits per heavy atom. The smallest absolute Gasteiger partial charge is 0.240 e. The van der Waals surface area contributed by atoms with Gasteiger partial charge in [0, 0.05) is 13.0 Å². The first kappa shape index (κ1) is 15.0. The molecule has 1 aromatic rings. The lowest BCUT2D eigenvalue weighted by Gasteiger charge is -2.17. The van der Waals surface area contributed by atoms with Crippen LogP contribution in [0.25, 0.3) is 0 Å². The number of hydrogen-bond donors (Lipinski definition) is 2. The zero-order valence-electron chi connectivity index (χ0n) is 11.5. The molecule has 1 aliphatic heterocycles. The molecule has 21 heavy (non-hydrogen) atoms. The van der Waals surface area contributed by atoms with Crippen molar-refractivity contribution in [3.05, 3.63) is 35.4 Å². The number of hydrogen-bond acceptors (Lipinski definition) is 4. The second kappa shape index (κ2) is 6.86. The highest BCUT2D eigenvalue weighted by atomic mass is 16.5. The van der Waals surface area contributed by atoms with E-state index in [0.29, 0.717) is 31.6 Å². The van der Waals surface area contributed by atoms with E-state index in [0.717, 1.165) is 5.56 Å². The van der Waals surface area contributed by atoms with E-state index in [4.69, 9.17) is 15.7 Å². The van der Waals surface area contributed by atoms with Gasteiger partial charge >= 0.3 is 0 Å². The molecule has 6 heteroatoms. The molecule has 2 atom stereocenters. The third-order valence-corrected chi connectivity index (χ3v) is 3.48. The van der Waals surface area contributed by atoms with Crippen LogP contribution in [-0.2, 0) is 20.7 Å². The van der Waals surface area contributed by atoms with Crippen molar-refractivity contribution in [2.45, 2.75) is 18.9 Å². The number of nitrogens with zero attached hydrogens (tertiary/aromatic N) is 1. The van der Waals surface area contributed by atoms with Gasteiger partial charge in [-0.15, -0.1) is 0 Å². The Balaban J connectivity index is 1.99. The molecule has 0 radical (unpaired) electrons. The largest absolute Gasteiger partial charge is 0.381 e. The number of rotatable bonds is 5. The van der Waals surface area contributed by atoms with Crippen LogP contribution in [-0.4, -0.2) is 31.1 Å². The summed E-state index contributed by atoms with van der Waals surface area (Å²) in [5, 5.41) is 11.4. The van der Waals surface area contributed by atoms with E-state index in [-0.39, 0.29) is 11.8 Å². The van der Waals surface area contributed by atoms with Crippen LogP contribution in [0.15, 0.2) is 24.3 Å². The van der Waals surface area contributed by atoms with Gasteiger partial charge in [0.2, 0.25) is 11.8 Å². The normalized spacial score (nSPS) is 18.7. The summed E-state index contributed by atoms with van der Waals surface area (Å²) in [5.74, 6) is -0.996. The Hall–Kier alpha value is -2.39. The first-order valence-corrected chi connectivity index (χ1v) is 6.76. The highest BCUT2D eigenvalue weighted by molar-refractivity contribution is 5.87. The lowest BCUT2D eigenvalue weighted by Crippen LogP contribution is -2.48. The number of nitrogens with one attached hydrogen (secondary N) is 1. The lowest BCUT2D eigenvalue weighted by atomic mass is 10.0. The maximum Gasteiger partial charge on any atom is 0.240 e. The third kappa shape index (κ3) is 4.04. The molecule has 3 N–H and O–H groups in total. The van der Waals surface area contributed by atoms with Gasteiger partial charge in [0.1, 0.15) is 6.04 Å². The first-order chi connectivity index (χ1) is 10.1. The van der Waals surface area contributed by atoms with E-state index in [1.54, 1.807) is 24.3 Å². The van der Waals surface area contributed by atoms with Crippen molar-refractivity contribution in [2.75, 3.05) is 13.2 Å². The van der Waals surface area contributed by atoms with Crippen molar-refractivity contribution in [2.24, 2.45) is 11.7 Å². The summed E-state index contributed by atoms with van der Waals surface area (Å²) in [6.07, 6.45) is 0.967. The van der Waals surface area contributed by atoms with Gasteiger partial charge in [0.25, 0.3) is 0 Å². The van der Waals surface area contributed by atoms with Crippen LogP contribution in [0.1, 0.15) is 17.5 Å². The quantitative estimate of drug-likeness (QED) is 0.801. The van der Waals surface area contributed by atoms with Crippen LogP contribution in [0.4, 0.5) is 0 Å². The van der Waals surface area contributed by atoms with Gasteiger partial charge in [-0.05, 0) is 24.1 Å². The molecule has 2 amide bonds. The Bertz CT molecular complexity index is 557. The predicted molar refractivity (Wildman–Crippen MR) is 74.9 cm³/mol. The van der Waals surface area contributed by atoms with Crippen LogP contribution in [0, 0.1) is 17.2 Å². The molecule has 0 saturated carbocycles.